The van der Waals surface area contributed by atoms with E-state index in [2.05, 4.69) is 27.2 Å². The van der Waals surface area contributed by atoms with Crippen LogP contribution in [0.3, 0.4) is 0 Å². The summed E-state index contributed by atoms with van der Waals surface area (Å²) < 4.78 is 40.5. The number of amides is 1. The molecule has 3 heterocycles. The van der Waals surface area contributed by atoms with Crippen molar-refractivity contribution in [2.24, 2.45) is 7.05 Å². The lowest BCUT2D eigenvalue weighted by atomic mass is 10.1. The highest BCUT2D eigenvalue weighted by Crippen LogP contribution is 2.25. The number of halogens is 3. The SMILES string of the molecule is Cn1ccc(C#Cc2ccn3c(-c4cccc(NC(=O)CCC(F)(F)F)c4)cnc3c2)n1. The first-order valence-corrected chi connectivity index (χ1v) is 9.73. The summed E-state index contributed by atoms with van der Waals surface area (Å²) in [5.41, 5.74) is 4.10. The van der Waals surface area contributed by atoms with Gasteiger partial charge in [-0.05, 0) is 36.3 Å². The van der Waals surface area contributed by atoms with Crippen molar-refractivity contribution in [2.75, 3.05) is 5.32 Å². The first-order valence-electron chi connectivity index (χ1n) is 9.73. The number of nitrogens with one attached hydrogen (secondary N) is 1. The summed E-state index contributed by atoms with van der Waals surface area (Å²) in [4.78, 5) is 16.2. The Kier molecular flexibility index (Phi) is 5.69. The van der Waals surface area contributed by atoms with Gasteiger partial charge in [-0.1, -0.05) is 18.1 Å². The van der Waals surface area contributed by atoms with Crippen LogP contribution in [0.25, 0.3) is 16.9 Å². The van der Waals surface area contributed by atoms with Gasteiger partial charge in [-0.2, -0.15) is 18.3 Å². The molecule has 1 aromatic carbocycles. The third kappa shape index (κ3) is 5.16. The average molecular weight is 437 g/mol. The Hall–Kier alpha value is -4.06. The van der Waals surface area contributed by atoms with Gasteiger partial charge in [0.25, 0.3) is 0 Å². The van der Waals surface area contributed by atoms with Gasteiger partial charge in [0.1, 0.15) is 11.3 Å². The van der Waals surface area contributed by atoms with E-state index in [1.54, 1.807) is 29.1 Å². The number of hydrogen-bond acceptors (Lipinski definition) is 3. The van der Waals surface area contributed by atoms with Crippen molar-refractivity contribution in [1.82, 2.24) is 19.2 Å². The van der Waals surface area contributed by atoms with E-state index in [9.17, 15) is 18.0 Å². The van der Waals surface area contributed by atoms with E-state index in [4.69, 9.17) is 0 Å². The van der Waals surface area contributed by atoms with E-state index >= 15 is 0 Å². The molecule has 4 aromatic rings. The molecule has 0 atom stereocenters. The normalized spacial score (nSPS) is 11.2. The maximum absolute atomic E-state index is 12.3. The van der Waals surface area contributed by atoms with Gasteiger partial charge in [0.2, 0.25) is 5.91 Å². The van der Waals surface area contributed by atoms with Gasteiger partial charge >= 0.3 is 6.18 Å². The molecule has 32 heavy (non-hydrogen) atoms. The van der Waals surface area contributed by atoms with Crippen LogP contribution in [-0.2, 0) is 11.8 Å². The highest BCUT2D eigenvalue weighted by molar-refractivity contribution is 5.91. The molecule has 0 unspecified atom stereocenters. The lowest BCUT2D eigenvalue weighted by Crippen LogP contribution is -2.16. The molecule has 0 spiro atoms. The molecule has 0 saturated heterocycles. The smallest absolute Gasteiger partial charge is 0.326 e. The van der Waals surface area contributed by atoms with E-state index in [0.717, 1.165) is 16.8 Å². The van der Waals surface area contributed by atoms with Crippen molar-refractivity contribution >= 4 is 17.2 Å². The van der Waals surface area contributed by atoms with Gasteiger partial charge in [-0.3, -0.25) is 13.9 Å². The molecule has 162 valence electrons. The topological polar surface area (TPSA) is 64.2 Å². The zero-order chi connectivity index (χ0) is 22.7. The number of benzene rings is 1. The van der Waals surface area contributed by atoms with Crippen LogP contribution in [-0.4, -0.2) is 31.2 Å². The highest BCUT2D eigenvalue weighted by Gasteiger charge is 2.27. The predicted molar refractivity (Wildman–Crippen MR) is 114 cm³/mol. The molecule has 3 aromatic heterocycles. The van der Waals surface area contributed by atoms with Crippen LogP contribution in [0.1, 0.15) is 24.1 Å². The van der Waals surface area contributed by atoms with Gasteiger partial charge in [-0.15, -0.1) is 0 Å². The van der Waals surface area contributed by atoms with Crippen LogP contribution in [0.5, 0.6) is 0 Å². The van der Waals surface area contributed by atoms with Crippen LogP contribution in [0.2, 0.25) is 0 Å². The molecule has 0 aliphatic heterocycles. The molecule has 1 amide bonds. The van der Waals surface area contributed by atoms with Crippen molar-refractivity contribution in [3.8, 4) is 23.1 Å². The van der Waals surface area contributed by atoms with E-state index < -0.39 is 24.9 Å². The number of imidazole rings is 1. The van der Waals surface area contributed by atoms with E-state index in [0.29, 0.717) is 17.0 Å². The van der Waals surface area contributed by atoms with E-state index in [1.165, 1.54) is 0 Å². The standard InChI is InChI=1S/C23H18F3N5O/c1-30-11-9-18(29-30)6-5-16-8-12-31-20(15-27-21(31)13-16)17-3-2-4-19(14-17)28-22(32)7-10-23(24,25)26/h2-4,8-9,11-15H,7,10H2,1H3,(H,28,32). The summed E-state index contributed by atoms with van der Waals surface area (Å²) in [5.74, 6) is 5.38. The molecule has 0 saturated carbocycles. The molecular formula is C23H18F3N5O. The Morgan fingerprint density at radius 1 is 1.12 bits per heavy atom. The molecule has 6 nitrogen and oxygen atoms in total. The van der Waals surface area contributed by atoms with Crippen LogP contribution < -0.4 is 5.32 Å². The highest BCUT2D eigenvalue weighted by atomic mass is 19.4. The number of nitrogens with zero attached hydrogens (tertiary/aromatic N) is 4. The number of carbonyl (C=O) groups is 1. The summed E-state index contributed by atoms with van der Waals surface area (Å²) in [7, 11) is 1.83. The first kappa shape index (κ1) is 21.2. The van der Waals surface area contributed by atoms with Crippen molar-refractivity contribution in [3.05, 3.63) is 72.3 Å². The van der Waals surface area contributed by atoms with Gasteiger partial charge < -0.3 is 5.32 Å². The molecule has 0 aliphatic rings. The number of alkyl halides is 3. The molecule has 0 radical (unpaired) electrons. The summed E-state index contributed by atoms with van der Waals surface area (Å²) in [5, 5.41) is 6.73. The Morgan fingerprint density at radius 2 is 1.97 bits per heavy atom. The third-order valence-corrected chi connectivity index (χ3v) is 4.64. The van der Waals surface area contributed by atoms with Crippen LogP contribution >= 0.6 is 0 Å². The van der Waals surface area contributed by atoms with E-state index in [1.807, 2.05) is 48.1 Å². The molecule has 9 heteroatoms. The number of rotatable bonds is 4. The summed E-state index contributed by atoms with van der Waals surface area (Å²) in [6.45, 7) is 0. The second-order valence-corrected chi connectivity index (χ2v) is 7.16. The average Bonchev–Trinajstić information content (AvgIpc) is 3.36. The van der Waals surface area contributed by atoms with Crippen LogP contribution in [0.4, 0.5) is 18.9 Å². The number of carbonyl (C=O) groups excluding carboxylic acids is 1. The maximum atomic E-state index is 12.3. The third-order valence-electron chi connectivity index (χ3n) is 4.64. The summed E-state index contributed by atoms with van der Waals surface area (Å²) in [6, 6.07) is 12.4. The number of pyridine rings is 1. The van der Waals surface area contributed by atoms with Gasteiger partial charge in [-0.25, -0.2) is 4.98 Å². The van der Waals surface area contributed by atoms with Crippen molar-refractivity contribution in [1.29, 1.82) is 0 Å². The zero-order valence-corrected chi connectivity index (χ0v) is 17.0. The maximum Gasteiger partial charge on any atom is 0.389 e. The number of fused-ring (bicyclic) bond motifs is 1. The fraction of sp³-hybridized carbons (Fsp3) is 0.174. The first-order chi connectivity index (χ1) is 15.3. The van der Waals surface area contributed by atoms with E-state index in [-0.39, 0.29) is 0 Å². The number of aromatic nitrogens is 4. The van der Waals surface area contributed by atoms with Gasteiger partial charge in [0.15, 0.2) is 0 Å². The van der Waals surface area contributed by atoms with Gasteiger partial charge in [0.05, 0.1) is 18.3 Å². The van der Waals surface area contributed by atoms with Gasteiger partial charge in [0, 0.05) is 42.7 Å². The van der Waals surface area contributed by atoms with Crippen molar-refractivity contribution in [3.63, 3.8) is 0 Å². The number of hydrogen-bond donors (Lipinski definition) is 1. The minimum absolute atomic E-state index is 0.419. The molecule has 4 rings (SSSR count). The fourth-order valence-electron chi connectivity index (χ4n) is 3.12. The van der Waals surface area contributed by atoms with Crippen LogP contribution in [0.15, 0.2) is 61.1 Å². The lowest BCUT2D eigenvalue weighted by Gasteiger charge is -2.09. The quantitative estimate of drug-likeness (QED) is 0.481. The molecule has 0 aliphatic carbocycles. The Balaban J connectivity index is 1.53. The van der Waals surface area contributed by atoms with Crippen molar-refractivity contribution in [2.45, 2.75) is 19.0 Å². The minimum atomic E-state index is -4.36. The second kappa shape index (κ2) is 8.59. The molecular weight excluding hydrogens is 419 g/mol. The fourth-order valence-corrected chi connectivity index (χ4v) is 3.12. The number of aryl methyl sites for hydroxylation is 1. The Bertz CT molecular complexity index is 1340. The second-order valence-electron chi connectivity index (χ2n) is 7.16. The Labute approximate surface area is 181 Å². The molecule has 0 fully saturated rings. The molecule has 0 bridgehead atoms. The number of anilines is 1. The molecule has 1 N–H and O–H groups in total. The summed E-state index contributed by atoms with van der Waals surface area (Å²) >= 11 is 0. The Morgan fingerprint density at radius 3 is 2.72 bits per heavy atom. The monoisotopic (exact) mass is 437 g/mol. The predicted octanol–water partition coefficient (Wildman–Crippen LogP) is 4.42. The van der Waals surface area contributed by atoms with Crippen LogP contribution in [0, 0.1) is 11.8 Å². The lowest BCUT2D eigenvalue weighted by molar-refractivity contribution is -0.142. The summed E-state index contributed by atoms with van der Waals surface area (Å²) in [6.07, 6.45) is -0.787. The zero-order valence-electron chi connectivity index (χ0n) is 17.0. The minimum Gasteiger partial charge on any atom is -0.326 e. The largest absolute Gasteiger partial charge is 0.389 e. The van der Waals surface area contributed by atoms with Crippen molar-refractivity contribution < 1.29 is 18.0 Å².